The van der Waals surface area contributed by atoms with E-state index in [2.05, 4.69) is 5.32 Å². The van der Waals surface area contributed by atoms with E-state index in [9.17, 15) is 14.0 Å². The van der Waals surface area contributed by atoms with Crippen molar-refractivity contribution in [3.63, 3.8) is 0 Å². The lowest BCUT2D eigenvalue weighted by Gasteiger charge is -2.11. The zero-order chi connectivity index (χ0) is 21.7. The third-order valence-electron chi connectivity index (χ3n) is 4.52. The highest BCUT2D eigenvalue weighted by Crippen LogP contribution is 2.29. The smallest absolute Gasteiger partial charge is 0.240 e. The van der Waals surface area contributed by atoms with Gasteiger partial charge in [0.2, 0.25) is 5.91 Å². The molecule has 0 bridgehead atoms. The summed E-state index contributed by atoms with van der Waals surface area (Å²) in [6.07, 6.45) is 3.00. The Morgan fingerprint density at radius 1 is 1.20 bits per heavy atom. The normalized spacial score (nSPS) is 10.8. The molecule has 7 heteroatoms. The zero-order valence-corrected chi connectivity index (χ0v) is 17.2. The van der Waals surface area contributed by atoms with Crippen LogP contribution in [-0.2, 0) is 22.6 Å². The van der Waals surface area contributed by atoms with Gasteiger partial charge in [-0.1, -0.05) is 24.3 Å². The lowest BCUT2D eigenvalue weighted by molar-refractivity contribution is -0.122. The first-order valence-electron chi connectivity index (χ1n) is 9.64. The number of carbonyl (C=O) groups excluding carboxylic acids is 2. The van der Waals surface area contributed by atoms with Gasteiger partial charge in [-0.3, -0.25) is 4.79 Å². The fourth-order valence-corrected chi connectivity index (χ4v) is 3.13. The number of benzene rings is 2. The van der Waals surface area contributed by atoms with Crippen molar-refractivity contribution in [3.05, 3.63) is 60.0 Å². The summed E-state index contributed by atoms with van der Waals surface area (Å²) >= 11 is 0. The predicted octanol–water partition coefficient (Wildman–Crippen LogP) is 3.63. The van der Waals surface area contributed by atoms with E-state index >= 15 is 0 Å². The van der Waals surface area contributed by atoms with Crippen molar-refractivity contribution in [2.45, 2.75) is 32.9 Å². The number of carbonyl (C=O) groups is 2. The van der Waals surface area contributed by atoms with E-state index in [1.54, 1.807) is 22.9 Å². The molecular formula is C23H24FN3O3. The number of halogens is 1. The van der Waals surface area contributed by atoms with Crippen molar-refractivity contribution in [3.8, 4) is 28.4 Å². The number of imidazole rings is 1. The Balaban J connectivity index is 2.02. The molecule has 30 heavy (non-hydrogen) atoms. The summed E-state index contributed by atoms with van der Waals surface area (Å²) < 4.78 is 20.7. The summed E-state index contributed by atoms with van der Waals surface area (Å²) in [5, 5.41) is 2.87. The maximum atomic E-state index is 13.9. The van der Waals surface area contributed by atoms with Crippen LogP contribution in [0, 0.1) is 5.82 Å². The van der Waals surface area contributed by atoms with E-state index in [0.29, 0.717) is 23.5 Å². The maximum absolute atomic E-state index is 13.9. The SMILES string of the molecule is COc1cc(-c2nc(-c3ccc(CC=O)cc3)cn2CC(=O)NC(C)C)ccc1F. The topological polar surface area (TPSA) is 73.2 Å². The van der Waals surface area contributed by atoms with Gasteiger partial charge in [-0.25, -0.2) is 9.37 Å². The zero-order valence-electron chi connectivity index (χ0n) is 17.2. The summed E-state index contributed by atoms with van der Waals surface area (Å²) in [5.74, 6) is 0.0149. The Bertz CT molecular complexity index is 1040. The van der Waals surface area contributed by atoms with Crippen LogP contribution in [0.2, 0.25) is 0 Å². The Kier molecular flexibility index (Phi) is 6.61. The van der Waals surface area contributed by atoms with Gasteiger partial charge in [0.15, 0.2) is 11.6 Å². The molecule has 0 radical (unpaired) electrons. The number of nitrogens with zero attached hydrogens (tertiary/aromatic N) is 2. The van der Waals surface area contributed by atoms with Crippen molar-refractivity contribution in [1.82, 2.24) is 14.9 Å². The second-order valence-corrected chi connectivity index (χ2v) is 7.22. The molecular weight excluding hydrogens is 385 g/mol. The lowest BCUT2D eigenvalue weighted by Crippen LogP contribution is -2.33. The van der Waals surface area contributed by atoms with Crippen molar-refractivity contribution < 1.29 is 18.7 Å². The van der Waals surface area contributed by atoms with E-state index in [4.69, 9.17) is 9.72 Å². The molecule has 1 heterocycles. The van der Waals surface area contributed by atoms with Gasteiger partial charge < -0.3 is 19.4 Å². The average molecular weight is 409 g/mol. The number of aromatic nitrogens is 2. The highest BCUT2D eigenvalue weighted by molar-refractivity contribution is 5.77. The minimum atomic E-state index is -0.470. The van der Waals surface area contributed by atoms with Gasteiger partial charge in [-0.15, -0.1) is 0 Å². The number of rotatable bonds is 8. The van der Waals surface area contributed by atoms with Crippen LogP contribution in [0.1, 0.15) is 19.4 Å². The fourth-order valence-electron chi connectivity index (χ4n) is 3.13. The first-order chi connectivity index (χ1) is 14.4. The monoisotopic (exact) mass is 409 g/mol. The quantitative estimate of drug-likeness (QED) is 0.577. The minimum absolute atomic E-state index is 0.0141. The van der Waals surface area contributed by atoms with Gasteiger partial charge in [0.25, 0.3) is 0 Å². The Hall–Kier alpha value is -3.48. The predicted molar refractivity (Wildman–Crippen MR) is 113 cm³/mol. The number of hydrogen-bond acceptors (Lipinski definition) is 4. The van der Waals surface area contributed by atoms with Crippen molar-refractivity contribution >= 4 is 12.2 Å². The van der Waals surface area contributed by atoms with E-state index in [1.807, 2.05) is 38.1 Å². The first kappa shape index (κ1) is 21.2. The summed E-state index contributed by atoms with van der Waals surface area (Å²) in [7, 11) is 1.40. The van der Waals surface area contributed by atoms with E-state index in [-0.39, 0.29) is 24.2 Å². The van der Waals surface area contributed by atoms with Crippen LogP contribution >= 0.6 is 0 Å². The van der Waals surface area contributed by atoms with E-state index < -0.39 is 5.82 Å². The lowest BCUT2D eigenvalue weighted by atomic mass is 10.1. The van der Waals surface area contributed by atoms with Gasteiger partial charge in [-0.05, 0) is 37.6 Å². The molecule has 1 amide bonds. The van der Waals surface area contributed by atoms with Gasteiger partial charge in [0.05, 0.1) is 12.8 Å². The van der Waals surface area contributed by atoms with E-state index in [1.165, 1.54) is 13.2 Å². The first-order valence-corrected chi connectivity index (χ1v) is 9.64. The molecule has 1 N–H and O–H groups in total. The Morgan fingerprint density at radius 2 is 1.90 bits per heavy atom. The number of methoxy groups -OCH3 is 1. The summed E-state index contributed by atoms with van der Waals surface area (Å²) in [4.78, 5) is 27.8. The fraction of sp³-hybridized carbons (Fsp3) is 0.261. The molecule has 6 nitrogen and oxygen atoms in total. The molecule has 0 aliphatic carbocycles. The molecule has 156 valence electrons. The Morgan fingerprint density at radius 3 is 2.53 bits per heavy atom. The number of amides is 1. The highest BCUT2D eigenvalue weighted by Gasteiger charge is 2.16. The van der Waals surface area contributed by atoms with E-state index in [0.717, 1.165) is 17.4 Å². The number of hydrogen-bond donors (Lipinski definition) is 1. The number of nitrogens with one attached hydrogen (secondary N) is 1. The molecule has 0 atom stereocenters. The highest BCUT2D eigenvalue weighted by atomic mass is 19.1. The molecule has 3 aromatic rings. The van der Waals surface area contributed by atoms with Gasteiger partial charge in [-0.2, -0.15) is 0 Å². The van der Waals surface area contributed by atoms with Crippen LogP contribution in [0.5, 0.6) is 5.75 Å². The third kappa shape index (κ3) is 4.92. The molecule has 0 saturated carbocycles. The molecule has 3 rings (SSSR count). The van der Waals surface area contributed by atoms with Gasteiger partial charge in [0, 0.05) is 29.8 Å². The van der Waals surface area contributed by atoms with Crippen LogP contribution in [0.4, 0.5) is 4.39 Å². The van der Waals surface area contributed by atoms with Gasteiger partial charge >= 0.3 is 0 Å². The molecule has 0 saturated heterocycles. The molecule has 0 aliphatic heterocycles. The molecule has 1 aromatic heterocycles. The largest absolute Gasteiger partial charge is 0.494 e. The average Bonchev–Trinajstić information content (AvgIpc) is 3.12. The number of ether oxygens (including phenoxy) is 1. The van der Waals surface area contributed by atoms with Crippen molar-refractivity contribution in [2.24, 2.45) is 0 Å². The summed E-state index contributed by atoms with van der Waals surface area (Å²) in [6.45, 7) is 3.86. The Labute approximate surface area is 174 Å². The maximum Gasteiger partial charge on any atom is 0.240 e. The standard InChI is InChI=1S/C23H24FN3O3/c1-15(2)25-22(29)14-27-13-20(17-6-4-16(5-7-17)10-11-28)26-23(27)18-8-9-19(24)21(12-18)30-3/h4-9,11-13,15H,10,14H2,1-3H3,(H,25,29). The minimum Gasteiger partial charge on any atom is -0.494 e. The number of aldehydes is 1. The molecule has 2 aromatic carbocycles. The summed E-state index contributed by atoms with van der Waals surface area (Å²) in [6, 6.07) is 12.0. The van der Waals surface area contributed by atoms with Gasteiger partial charge in [0.1, 0.15) is 18.7 Å². The van der Waals surface area contributed by atoms with Crippen LogP contribution in [0.25, 0.3) is 22.6 Å². The van der Waals surface area contributed by atoms with Crippen molar-refractivity contribution in [1.29, 1.82) is 0 Å². The van der Waals surface area contributed by atoms with Crippen LogP contribution < -0.4 is 10.1 Å². The second-order valence-electron chi connectivity index (χ2n) is 7.22. The molecule has 0 aliphatic rings. The summed E-state index contributed by atoms with van der Waals surface area (Å²) in [5.41, 5.74) is 3.06. The van der Waals surface area contributed by atoms with Crippen LogP contribution in [0.3, 0.4) is 0 Å². The molecule has 0 spiro atoms. The van der Waals surface area contributed by atoms with Crippen molar-refractivity contribution in [2.75, 3.05) is 7.11 Å². The second kappa shape index (κ2) is 9.35. The third-order valence-corrected chi connectivity index (χ3v) is 4.52. The van der Waals surface area contributed by atoms with Crippen LogP contribution in [0.15, 0.2) is 48.7 Å². The molecule has 0 fully saturated rings. The molecule has 0 unspecified atom stereocenters. The van der Waals surface area contributed by atoms with Crippen LogP contribution in [-0.4, -0.2) is 34.9 Å².